The third-order valence-corrected chi connectivity index (χ3v) is 5.13. The molecule has 5 nitrogen and oxygen atoms in total. The van der Waals surface area contributed by atoms with Crippen molar-refractivity contribution in [3.05, 3.63) is 84.2 Å². The quantitative estimate of drug-likeness (QED) is 0.393. The average Bonchev–Trinajstić information content (AvgIpc) is 3.13. The maximum atomic E-state index is 11.9. The Labute approximate surface area is 175 Å². The first kappa shape index (κ1) is 19.7. The minimum absolute atomic E-state index is 0.288. The van der Waals surface area contributed by atoms with E-state index in [-0.39, 0.29) is 5.69 Å². The van der Waals surface area contributed by atoms with Gasteiger partial charge < -0.3 is 14.4 Å². The van der Waals surface area contributed by atoms with Crippen molar-refractivity contribution >= 4 is 16.9 Å². The number of benzene rings is 2. The summed E-state index contributed by atoms with van der Waals surface area (Å²) in [5.74, 6) is -0.0778. The van der Waals surface area contributed by atoms with Gasteiger partial charge in [0.15, 0.2) is 0 Å². The molecule has 0 bridgehead atoms. The number of aromatic carboxylic acids is 1. The molecule has 2 heterocycles. The van der Waals surface area contributed by atoms with Gasteiger partial charge in [-0.1, -0.05) is 42.0 Å². The van der Waals surface area contributed by atoms with Crippen LogP contribution in [0.5, 0.6) is 5.75 Å². The Balaban J connectivity index is 1.55. The van der Waals surface area contributed by atoms with Crippen LogP contribution in [0.25, 0.3) is 22.2 Å². The second-order valence-electron chi connectivity index (χ2n) is 7.32. The van der Waals surface area contributed by atoms with Crippen molar-refractivity contribution in [3.63, 3.8) is 0 Å². The molecule has 0 aliphatic heterocycles. The maximum absolute atomic E-state index is 11.9. The van der Waals surface area contributed by atoms with E-state index in [1.807, 2.05) is 66.1 Å². The fourth-order valence-electron chi connectivity index (χ4n) is 3.70. The number of carboxylic acids is 1. The summed E-state index contributed by atoms with van der Waals surface area (Å²) in [6.45, 7) is 3.25. The van der Waals surface area contributed by atoms with E-state index in [0.29, 0.717) is 13.2 Å². The Bertz CT molecular complexity index is 1170. The number of ether oxygens (including phenoxy) is 1. The smallest absolute Gasteiger partial charge is 0.352 e. The summed E-state index contributed by atoms with van der Waals surface area (Å²) in [5, 5.41) is 10.6. The number of nitrogens with zero attached hydrogens (tertiary/aromatic N) is 2. The van der Waals surface area contributed by atoms with Crippen LogP contribution in [-0.4, -0.2) is 27.2 Å². The van der Waals surface area contributed by atoms with Crippen LogP contribution >= 0.6 is 0 Å². The monoisotopic (exact) mass is 400 g/mol. The Hall–Kier alpha value is -3.60. The first-order chi connectivity index (χ1) is 14.6. The number of aryl methyl sites for hydroxylation is 2. The molecule has 0 aliphatic carbocycles. The van der Waals surface area contributed by atoms with E-state index in [1.54, 1.807) is 12.3 Å². The van der Waals surface area contributed by atoms with Gasteiger partial charge in [0.2, 0.25) is 0 Å². The number of rotatable bonds is 8. The molecule has 0 atom stereocenters. The normalized spacial score (nSPS) is 11.0. The maximum Gasteiger partial charge on any atom is 0.352 e. The Morgan fingerprint density at radius 3 is 2.63 bits per heavy atom. The van der Waals surface area contributed by atoms with E-state index >= 15 is 0 Å². The molecule has 0 unspecified atom stereocenters. The molecular formula is C25H24N2O3. The fraction of sp³-hybridized carbons (Fsp3) is 0.200. The zero-order valence-electron chi connectivity index (χ0n) is 16.9. The summed E-state index contributed by atoms with van der Waals surface area (Å²) in [6.07, 6.45) is 3.41. The number of hydrogen-bond acceptors (Lipinski definition) is 3. The van der Waals surface area contributed by atoms with Gasteiger partial charge >= 0.3 is 5.97 Å². The van der Waals surface area contributed by atoms with Crippen LogP contribution in [0, 0.1) is 6.92 Å². The summed E-state index contributed by atoms with van der Waals surface area (Å²) in [7, 11) is 0. The highest BCUT2D eigenvalue weighted by Crippen LogP contribution is 2.30. The molecular weight excluding hydrogens is 376 g/mol. The van der Waals surface area contributed by atoms with Crippen molar-refractivity contribution in [2.45, 2.75) is 26.3 Å². The summed E-state index contributed by atoms with van der Waals surface area (Å²) in [5.41, 5.74) is 4.12. The van der Waals surface area contributed by atoms with Crippen LogP contribution in [0.1, 0.15) is 28.9 Å². The minimum atomic E-state index is -0.929. The molecule has 2 aromatic carbocycles. The van der Waals surface area contributed by atoms with Gasteiger partial charge in [-0.3, -0.25) is 4.98 Å². The van der Waals surface area contributed by atoms with Crippen LogP contribution in [-0.2, 0) is 6.54 Å². The Morgan fingerprint density at radius 1 is 1.03 bits per heavy atom. The molecule has 1 N–H and O–H groups in total. The number of unbranched alkanes of at least 4 members (excludes halogenated alkanes) is 1. The molecule has 152 valence electrons. The highest BCUT2D eigenvalue weighted by Gasteiger charge is 2.17. The SMILES string of the molecule is Cc1cccc(-c2nccc3c2cc(C(=O)O)n3CCCCOc2ccccc2)c1. The number of hydrogen-bond donors (Lipinski definition) is 1. The molecule has 4 aromatic rings. The van der Waals surface area contributed by atoms with Crippen molar-refractivity contribution in [1.82, 2.24) is 9.55 Å². The topological polar surface area (TPSA) is 64.3 Å². The zero-order valence-corrected chi connectivity index (χ0v) is 16.9. The summed E-state index contributed by atoms with van der Waals surface area (Å²) >= 11 is 0. The second-order valence-corrected chi connectivity index (χ2v) is 7.32. The lowest BCUT2D eigenvalue weighted by atomic mass is 10.1. The van der Waals surface area contributed by atoms with Crippen molar-refractivity contribution in [2.24, 2.45) is 0 Å². The number of fused-ring (bicyclic) bond motifs is 1. The van der Waals surface area contributed by atoms with Gasteiger partial charge in [0, 0.05) is 23.7 Å². The average molecular weight is 400 g/mol. The van der Waals surface area contributed by atoms with Crippen molar-refractivity contribution < 1.29 is 14.6 Å². The van der Waals surface area contributed by atoms with E-state index < -0.39 is 5.97 Å². The number of carboxylic acid groups (broad SMARTS) is 1. The van der Waals surface area contributed by atoms with Gasteiger partial charge in [0.25, 0.3) is 0 Å². The number of aromatic nitrogens is 2. The van der Waals surface area contributed by atoms with E-state index in [1.165, 1.54) is 0 Å². The standard InChI is InChI=1S/C25H24N2O3/c1-18-8-7-9-19(16-18)24-21-17-23(25(28)29)27(22(21)12-13-26-24)14-5-6-15-30-20-10-3-2-4-11-20/h2-4,7-13,16-17H,5-6,14-15H2,1H3,(H,28,29). The molecule has 0 radical (unpaired) electrons. The van der Waals surface area contributed by atoms with Gasteiger partial charge in [-0.05, 0) is 50.1 Å². The summed E-state index contributed by atoms with van der Waals surface area (Å²) in [6, 6.07) is 21.4. The molecule has 30 heavy (non-hydrogen) atoms. The number of para-hydroxylation sites is 1. The molecule has 4 rings (SSSR count). The zero-order chi connectivity index (χ0) is 20.9. The first-order valence-electron chi connectivity index (χ1n) is 10.1. The van der Waals surface area contributed by atoms with Crippen LogP contribution in [0.2, 0.25) is 0 Å². The van der Waals surface area contributed by atoms with Crippen LogP contribution in [0.4, 0.5) is 0 Å². The lowest BCUT2D eigenvalue weighted by Gasteiger charge is -2.10. The van der Waals surface area contributed by atoms with Crippen LogP contribution in [0.3, 0.4) is 0 Å². The lowest BCUT2D eigenvalue weighted by Crippen LogP contribution is -2.09. The molecule has 0 spiro atoms. The van der Waals surface area contributed by atoms with Gasteiger partial charge in [-0.15, -0.1) is 0 Å². The van der Waals surface area contributed by atoms with Gasteiger partial charge in [-0.25, -0.2) is 4.79 Å². The van der Waals surface area contributed by atoms with E-state index in [0.717, 1.165) is 46.3 Å². The molecule has 0 aliphatic rings. The Morgan fingerprint density at radius 2 is 1.87 bits per heavy atom. The lowest BCUT2D eigenvalue weighted by molar-refractivity contribution is 0.0685. The third kappa shape index (κ3) is 4.20. The molecule has 0 fully saturated rings. The van der Waals surface area contributed by atoms with E-state index in [2.05, 4.69) is 11.1 Å². The summed E-state index contributed by atoms with van der Waals surface area (Å²) < 4.78 is 7.62. The Kier molecular flexibility index (Phi) is 5.80. The third-order valence-electron chi connectivity index (χ3n) is 5.13. The summed E-state index contributed by atoms with van der Waals surface area (Å²) in [4.78, 5) is 16.5. The molecule has 0 saturated heterocycles. The minimum Gasteiger partial charge on any atom is -0.494 e. The van der Waals surface area contributed by atoms with Gasteiger partial charge in [0.1, 0.15) is 11.4 Å². The van der Waals surface area contributed by atoms with Gasteiger partial charge in [0.05, 0.1) is 17.8 Å². The number of carbonyl (C=O) groups is 1. The van der Waals surface area contributed by atoms with Crippen molar-refractivity contribution in [3.8, 4) is 17.0 Å². The number of pyridine rings is 1. The van der Waals surface area contributed by atoms with Crippen molar-refractivity contribution in [1.29, 1.82) is 0 Å². The molecule has 0 saturated carbocycles. The highest BCUT2D eigenvalue weighted by atomic mass is 16.5. The molecule has 2 aromatic heterocycles. The van der Waals surface area contributed by atoms with Crippen molar-refractivity contribution in [2.75, 3.05) is 6.61 Å². The largest absolute Gasteiger partial charge is 0.494 e. The highest BCUT2D eigenvalue weighted by molar-refractivity contribution is 6.00. The second kappa shape index (κ2) is 8.82. The predicted molar refractivity (Wildman–Crippen MR) is 118 cm³/mol. The van der Waals surface area contributed by atoms with E-state index in [9.17, 15) is 9.90 Å². The fourth-order valence-corrected chi connectivity index (χ4v) is 3.70. The first-order valence-corrected chi connectivity index (χ1v) is 10.1. The van der Waals surface area contributed by atoms with Gasteiger partial charge in [-0.2, -0.15) is 0 Å². The van der Waals surface area contributed by atoms with Crippen LogP contribution < -0.4 is 4.74 Å². The molecule has 5 heteroatoms. The van der Waals surface area contributed by atoms with Crippen LogP contribution in [0.15, 0.2) is 72.9 Å². The molecule has 0 amide bonds. The van der Waals surface area contributed by atoms with E-state index in [4.69, 9.17) is 4.74 Å². The predicted octanol–water partition coefficient (Wildman–Crippen LogP) is 5.57.